The van der Waals surface area contributed by atoms with Crippen molar-refractivity contribution in [2.24, 2.45) is 0 Å². The summed E-state index contributed by atoms with van der Waals surface area (Å²) in [5.41, 5.74) is 1.34. The molecule has 0 saturated heterocycles. The summed E-state index contributed by atoms with van der Waals surface area (Å²) >= 11 is 6.13. The molecule has 176 valence electrons. The lowest BCUT2D eigenvalue weighted by atomic mass is 10.1. The molecule has 0 fully saturated rings. The molecule has 0 bridgehead atoms. The molecule has 9 heteroatoms. The van der Waals surface area contributed by atoms with Gasteiger partial charge in [-0.1, -0.05) is 35.9 Å². The summed E-state index contributed by atoms with van der Waals surface area (Å²) in [5, 5.41) is 2.94. The normalized spacial score (nSPS) is 10.2. The number of nitrogens with one attached hydrogen (secondary N) is 1. The Labute approximate surface area is 201 Å². The van der Waals surface area contributed by atoms with Crippen LogP contribution in [0.2, 0.25) is 5.02 Å². The van der Waals surface area contributed by atoms with Gasteiger partial charge in [-0.3, -0.25) is 4.79 Å². The number of esters is 2. The molecule has 0 aliphatic carbocycles. The van der Waals surface area contributed by atoms with Gasteiger partial charge >= 0.3 is 11.9 Å². The lowest BCUT2D eigenvalue weighted by molar-refractivity contribution is 0.0473. The molecule has 0 aliphatic heterocycles. The maximum absolute atomic E-state index is 13.0. The van der Waals surface area contributed by atoms with Crippen LogP contribution in [0.15, 0.2) is 60.7 Å². The van der Waals surface area contributed by atoms with E-state index in [9.17, 15) is 14.4 Å². The Morgan fingerprint density at radius 1 is 0.824 bits per heavy atom. The van der Waals surface area contributed by atoms with Crippen molar-refractivity contribution in [1.82, 2.24) is 0 Å². The van der Waals surface area contributed by atoms with Crippen LogP contribution in [-0.2, 0) is 16.1 Å². The molecule has 0 heterocycles. The van der Waals surface area contributed by atoms with Gasteiger partial charge in [0.2, 0.25) is 0 Å². The second-order valence-electron chi connectivity index (χ2n) is 6.95. The highest BCUT2D eigenvalue weighted by atomic mass is 35.5. The van der Waals surface area contributed by atoms with Gasteiger partial charge in [-0.15, -0.1) is 0 Å². The van der Waals surface area contributed by atoms with Crippen LogP contribution in [0.4, 0.5) is 5.69 Å². The minimum absolute atomic E-state index is 0.0437. The molecule has 0 aliphatic rings. The quantitative estimate of drug-likeness (QED) is 0.461. The SMILES string of the molecule is COC(=O)c1cccc(COC(=O)c2cc(OC)c(OC)cc2NC(=O)c2ccccc2Cl)c1. The predicted molar refractivity (Wildman–Crippen MR) is 126 cm³/mol. The van der Waals surface area contributed by atoms with E-state index in [1.54, 1.807) is 48.5 Å². The van der Waals surface area contributed by atoms with Crippen molar-refractivity contribution in [2.75, 3.05) is 26.6 Å². The maximum Gasteiger partial charge on any atom is 0.340 e. The molecule has 8 nitrogen and oxygen atoms in total. The molecule has 0 spiro atoms. The molecular formula is C25H22ClNO7. The van der Waals surface area contributed by atoms with Gasteiger partial charge in [0.25, 0.3) is 5.91 Å². The molecular weight excluding hydrogens is 462 g/mol. The van der Waals surface area contributed by atoms with Crippen molar-refractivity contribution in [3.8, 4) is 11.5 Å². The predicted octanol–water partition coefficient (Wildman–Crippen LogP) is 4.75. The third kappa shape index (κ3) is 5.65. The van der Waals surface area contributed by atoms with E-state index in [-0.39, 0.29) is 34.2 Å². The van der Waals surface area contributed by atoms with Crippen molar-refractivity contribution < 1.29 is 33.3 Å². The number of ether oxygens (including phenoxy) is 4. The zero-order chi connectivity index (χ0) is 24.7. The first-order valence-electron chi connectivity index (χ1n) is 10.0. The fraction of sp³-hybridized carbons (Fsp3) is 0.160. The zero-order valence-electron chi connectivity index (χ0n) is 18.7. The Morgan fingerprint density at radius 2 is 1.53 bits per heavy atom. The first-order chi connectivity index (χ1) is 16.4. The van der Waals surface area contributed by atoms with Crippen LogP contribution in [0.3, 0.4) is 0 Å². The Morgan fingerprint density at radius 3 is 2.21 bits per heavy atom. The van der Waals surface area contributed by atoms with Gasteiger partial charge in [-0.05, 0) is 29.8 Å². The summed E-state index contributed by atoms with van der Waals surface area (Å²) in [5.74, 6) is -1.16. The van der Waals surface area contributed by atoms with Crippen molar-refractivity contribution in [3.05, 3.63) is 87.9 Å². The number of amides is 1. The number of benzene rings is 3. The van der Waals surface area contributed by atoms with Crippen LogP contribution in [0.25, 0.3) is 0 Å². The molecule has 3 rings (SSSR count). The summed E-state index contributed by atoms with van der Waals surface area (Å²) in [4.78, 5) is 37.5. The largest absolute Gasteiger partial charge is 0.493 e. The summed E-state index contributed by atoms with van der Waals surface area (Å²) in [6.07, 6.45) is 0. The second kappa shape index (κ2) is 11.2. The van der Waals surface area contributed by atoms with E-state index in [2.05, 4.69) is 5.32 Å². The molecule has 1 amide bonds. The van der Waals surface area contributed by atoms with E-state index in [1.807, 2.05) is 0 Å². The molecule has 3 aromatic carbocycles. The second-order valence-corrected chi connectivity index (χ2v) is 7.36. The highest BCUT2D eigenvalue weighted by molar-refractivity contribution is 6.34. The third-order valence-electron chi connectivity index (χ3n) is 4.83. The van der Waals surface area contributed by atoms with Crippen molar-refractivity contribution >= 4 is 35.1 Å². The molecule has 0 aromatic heterocycles. The standard InChI is InChI=1S/C25H22ClNO7/c1-31-21-12-18(25(30)34-14-15-7-6-8-16(11-15)24(29)33-3)20(13-22(21)32-2)27-23(28)17-9-4-5-10-19(17)26/h4-13H,14H2,1-3H3,(H,27,28). The van der Waals surface area contributed by atoms with E-state index >= 15 is 0 Å². The van der Waals surface area contributed by atoms with Gasteiger partial charge in [-0.25, -0.2) is 9.59 Å². The fourth-order valence-electron chi connectivity index (χ4n) is 3.12. The van der Waals surface area contributed by atoms with Gasteiger partial charge in [-0.2, -0.15) is 0 Å². The number of carbonyl (C=O) groups excluding carboxylic acids is 3. The van der Waals surface area contributed by atoms with E-state index in [4.69, 9.17) is 30.5 Å². The monoisotopic (exact) mass is 483 g/mol. The van der Waals surface area contributed by atoms with Crippen LogP contribution in [0, 0.1) is 0 Å². The van der Waals surface area contributed by atoms with Crippen molar-refractivity contribution in [1.29, 1.82) is 0 Å². The van der Waals surface area contributed by atoms with Crippen LogP contribution < -0.4 is 14.8 Å². The number of halogens is 1. The number of methoxy groups -OCH3 is 3. The van der Waals surface area contributed by atoms with Gasteiger partial charge in [0.15, 0.2) is 11.5 Å². The molecule has 0 atom stereocenters. The Hall–Kier alpha value is -4.04. The smallest absolute Gasteiger partial charge is 0.340 e. The van der Waals surface area contributed by atoms with Crippen LogP contribution in [0.1, 0.15) is 36.6 Å². The molecule has 0 radical (unpaired) electrons. The van der Waals surface area contributed by atoms with E-state index in [0.717, 1.165) is 0 Å². The van der Waals surface area contributed by atoms with Gasteiger partial charge in [0.1, 0.15) is 6.61 Å². The first-order valence-corrected chi connectivity index (χ1v) is 10.4. The summed E-state index contributed by atoms with van der Waals surface area (Å²) < 4.78 is 20.7. The molecule has 34 heavy (non-hydrogen) atoms. The Bertz CT molecular complexity index is 1230. The molecule has 0 unspecified atom stereocenters. The summed E-state index contributed by atoms with van der Waals surface area (Å²) in [6.45, 7) is -0.115. The fourth-order valence-corrected chi connectivity index (χ4v) is 3.34. The summed E-state index contributed by atoms with van der Waals surface area (Å²) in [7, 11) is 4.14. The number of carbonyl (C=O) groups is 3. The number of hydrogen-bond donors (Lipinski definition) is 1. The highest BCUT2D eigenvalue weighted by Gasteiger charge is 2.21. The summed E-state index contributed by atoms with van der Waals surface area (Å²) in [6, 6.07) is 15.9. The number of anilines is 1. The zero-order valence-corrected chi connectivity index (χ0v) is 19.5. The molecule has 1 N–H and O–H groups in total. The molecule has 3 aromatic rings. The first kappa shape index (κ1) is 24.6. The van der Waals surface area contributed by atoms with Gasteiger partial charge in [0.05, 0.1) is 48.7 Å². The highest BCUT2D eigenvalue weighted by Crippen LogP contribution is 2.34. The van der Waals surface area contributed by atoms with Crippen LogP contribution in [0.5, 0.6) is 11.5 Å². The lowest BCUT2D eigenvalue weighted by Crippen LogP contribution is -2.17. The maximum atomic E-state index is 13.0. The van der Waals surface area contributed by atoms with Gasteiger partial charge < -0.3 is 24.3 Å². The Balaban J connectivity index is 1.88. The van der Waals surface area contributed by atoms with Crippen molar-refractivity contribution in [3.63, 3.8) is 0 Å². The number of hydrogen-bond acceptors (Lipinski definition) is 7. The van der Waals surface area contributed by atoms with Crippen LogP contribution in [-0.4, -0.2) is 39.2 Å². The minimum atomic E-state index is -0.723. The average molecular weight is 484 g/mol. The van der Waals surface area contributed by atoms with E-state index in [0.29, 0.717) is 16.9 Å². The minimum Gasteiger partial charge on any atom is -0.493 e. The number of rotatable bonds is 8. The average Bonchev–Trinajstić information content (AvgIpc) is 2.86. The lowest BCUT2D eigenvalue weighted by Gasteiger charge is -2.16. The third-order valence-corrected chi connectivity index (χ3v) is 5.16. The van der Waals surface area contributed by atoms with Crippen LogP contribution >= 0.6 is 11.6 Å². The van der Waals surface area contributed by atoms with Gasteiger partial charge in [0, 0.05) is 12.1 Å². The van der Waals surface area contributed by atoms with Crippen molar-refractivity contribution in [2.45, 2.75) is 6.61 Å². The Kier molecular flexibility index (Phi) is 8.10. The topological polar surface area (TPSA) is 100 Å². The van der Waals surface area contributed by atoms with E-state index in [1.165, 1.54) is 33.5 Å². The molecule has 0 saturated carbocycles. The van der Waals surface area contributed by atoms with E-state index < -0.39 is 17.8 Å².